The molecule has 1 amide bonds. The number of methoxy groups -OCH3 is 1. The summed E-state index contributed by atoms with van der Waals surface area (Å²) >= 11 is 0. The monoisotopic (exact) mass is 404 g/mol. The highest BCUT2D eigenvalue weighted by atomic mass is 16.6. The quantitative estimate of drug-likeness (QED) is 0.550. The zero-order valence-electron chi connectivity index (χ0n) is 16.7. The normalized spacial score (nSPS) is 11.2. The number of esters is 1. The average Bonchev–Trinajstić information content (AvgIpc) is 2.81. The molecule has 0 aliphatic heterocycles. The summed E-state index contributed by atoms with van der Waals surface area (Å²) in [7, 11) is 1.28. The van der Waals surface area contributed by atoms with Crippen LogP contribution in [0.4, 0.5) is 10.5 Å². The molecule has 2 N–H and O–H groups in total. The zero-order valence-corrected chi connectivity index (χ0v) is 16.7. The van der Waals surface area contributed by atoms with Crippen LogP contribution in [-0.4, -0.2) is 31.8 Å². The van der Waals surface area contributed by atoms with E-state index in [1.807, 2.05) is 84.9 Å². The number of rotatable bonds is 8. The van der Waals surface area contributed by atoms with Crippen molar-refractivity contribution in [1.82, 2.24) is 5.32 Å². The molecule has 0 spiro atoms. The van der Waals surface area contributed by atoms with Crippen molar-refractivity contribution >= 4 is 17.7 Å². The van der Waals surface area contributed by atoms with Crippen molar-refractivity contribution in [3.63, 3.8) is 0 Å². The van der Waals surface area contributed by atoms with E-state index in [1.165, 1.54) is 7.11 Å². The van der Waals surface area contributed by atoms with E-state index in [0.717, 1.165) is 22.4 Å². The van der Waals surface area contributed by atoms with Gasteiger partial charge in [0.2, 0.25) is 0 Å². The van der Waals surface area contributed by atoms with Crippen LogP contribution in [-0.2, 0) is 20.9 Å². The Labute approximate surface area is 175 Å². The summed E-state index contributed by atoms with van der Waals surface area (Å²) in [5.74, 6) is -0.555. The average molecular weight is 404 g/mol. The number of anilines is 1. The molecule has 30 heavy (non-hydrogen) atoms. The molecule has 0 saturated carbocycles. The third-order valence-corrected chi connectivity index (χ3v) is 4.49. The van der Waals surface area contributed by atoms with Crippen LogP contribution in [0.2, 0.25) is 0 Å². The maximum Gasteiger partial charge on any atom is 0.408 e. The minimum absolute atomic E-state index is 0.120. The second-order valence-electron chi connectivity index (χ2n) is 6.61. The van der Waals surface area contributed by atoms with Crippen LogP contribution in [0.3, 0.4) is 0 Å². The Morgan fingerprint density at radius 3 is 2.07 bits per heavy atom. The lowest BCUT2D eigenvalue weighted by atomic mass is 10.1. The first-order chi connectivity index (χ1) is 14.7. The van der Waals surface area contributed by atoms with E-state index in [1.54, 1.807) is 0 Å². The van der Waals surface area contributed by atoms with Crippen molar-refractivity contribution < 1.29 is 19.1 Å². The Hall–Kier alpha value is -3.80. The fourth-order valence-corrected chi connectivity index (χ4v) is 2.87. The molecule has 0 aliphatic rings. The van der Waals surface area contributed by atoms with Gasteiger partial charge in [-0.2, -0.15) is 0 Å². The number of carbonyl (C=O) groups excluding carboxylic acids is 2. The van der Waals surface area contributed by atoms with Crippen molar-refractivity contribution in [2.24, 2.45) is 0 Å². The van der Waals surface area contributed by atoms with Gasteiger partial charge in [0.1, 0.15) is 12.6 Å². The highest BCUT2D eigenvalue weighted by Gasteiger charge is 2.22. The number of benzene rings is 3. The van der Waals surface area contributed by atoms with Gasteiger partial charge in [-0.25, -0.2) is 9.59 Å². The van der Waals surface area contributed by atoms with E-state index in [-0.39, 0.29) is 13.2 Å². The van der Waals surface area contributed by atoms with Crippen LogP contribution >= 0.6 is 0 Å². The van der Waals surface area contributed by atoms with Gasteiger partial charge >= 0.3 is 12.1 Å². The molecule has 3 aromatic rings. The predicted octanol–water partition coefficient (Wildman–Crippen LogP) is 4.23. The van der Waals surface area contributed by atoms with Crippen molar-refractivity contribution in [2.45, 2.75) is 12.6 Å². The van der Waals surface area contributed by atoms with E-state index < -0.39 is 18.1 Å². The van der Waals surface area contributed by atoms with Crippen LogP contribution in [0, 0.1) is 0 Å². The molecule has 0 aliphatic carbocycles. The number of nitrogens with one attached hydrogen (secondary N) is 2. The summed E-state index contributed by atoms with van der Waals surface area (Å²) in [5.41, 5.74) is 3.90. The third kappa shape index (κ3) is 6.10. The lowest BCUT2D eigenvalue weighted by Crippen LogP contribution is -2.46. The van der Waals surface area contributed by atoms with Gasteiger partial charge in [0.15, 0.2) is 0 Å². The second kappa shape index (κ2) is 10.7. The van der Waals surface area contributed by atoms with Crippen LogP contribution in [0.5, 0.6) is 0 Å². The van der Waals surface area contributed by atoms with Crippen molar-refractivity contribution in [3.8, 4) is 11.1 Å². The number of ether oxygens (including phenoxy) is 2. The summed E-state index contributed by atoms with van der Waals surface area (Å²) in [6.07, 6.45) is -0.685. The van der Waals surface area contributed by atoms with Crippen molar-refractivity contribution in [1.29, 1.82) is 0 Å². The van der Waals surface area contributed by atoms with Crippen LogP contribution < -0.4 is 10.6 Å². The van der Waals surface area contributed by atoms with E-state index >= 15 is 0 Å². The highest BCUT2D eigenvalue weighted by Crippen LogP contribution is 2.21. The van der Waals surface area contributed by atoms with Gasteiger partial charge in [0, 0.05) is 12.2 Å². The Balaban J connectivity index is 1.54. The summed E-state index contributed by atoms with van der Waals surface area (Å²) in [6, 6.07) is 26.3. The predicted molar refractivity (Wildman–Crippen MR) is 116 cm³/mol. The fraction of sp³-hybridized carbons (Fsp3) is 0.167. The molecule has 0 unspecified atom stereocenters. The topological polar surface area (TPSA) is 76.7 Å². The SMILES string of the molecule is COC(=O)[C@H](CNc1ccc(-c2ccccc2)cc1)NC(=O)OCc1ccccc1. The lowest BCUT2D eigenvalue weighted by molar-refractivity contribution is -0.142. The van der Waals surface area contributed by atoms with Crippen molar-refractivity contribution in [3.05, 3.63) is 90.5 Å². The van der Waals surface area contributed by atoms with E-state index in [2.05, 4.69) is 10.6 Å². The summed E-state index contributed by atoms with van der Waals surface area (Å²) in [4.78, 5) is 24.1. The molecule has 1 atom stereocenters. The van der Waals surface area contributed by atoms with E-state index in [4.69, 9.17) is 9.47 Å². The largest absolute Gasteiger partial charge is 0.467 e. The first-order valence-electron chi connectivity index (χ1n) is 9.60. The lowest BCUT2D eigenvalue weighted by Gasteiger charge is -2.18. The molecule has 6 heteroatoms. The number of carbonyl (C=O) groups is 2. The number of amides is 1. The van der Waals surface area contributed by atoms with Gasteiger partial charge < -0.3 is 20.1 Å². The second-order valence-corrected chi connectivity index (χ2v) is 6.61. The number of alkyl carbamates (subject to hydrolysis) is 1. The fourth-order valence-electron chi connectivity index (χ4n) is 2.87. The zero-order chi connectivity index (χ0) is 21.2. The van der Waals surface area contributed by atoms with Gasteiger partial charge in [0.25, 0.3) is 0 Å². The van der Waals surface area contributed by atoms with Gasteiger partial charge in [0.05, 0.1) is 7.11 Å². The Kier molecular flexibility index (Phi) is 7.44. The van der Waals surface area contributed by atoms with Crippen LogP contribution in [0.15, 0.2) is 84.9 Å². The minimum Gasteiger partial charge on any atom is -0.467 e. The first-order valence-corrected chi connectivity index (χ1v) is 9.60. The summed E-state index contributed by atoms with van der Waals surface area (Å²) < 4.78 is 9.98. The smallest absolute Gasteiger partial charge is 0.408 e. The summed E-state index contributed by atoms with van der Waals surface area (Å²) in [5, 5.41) is 5.69. The minimum atomic E-state index is -0.882. The van der Waals surface area contributed by atoms with Crippen LogP contribution in [0.25, 0.3) is 11.1 Å². The third-order valence-electron chi connectivity index (χ3n) is 4.49. The maximum atomic E-state index is 12.1. The summed E-state index contributed by atoms with van der Waals surface area (Å²) in [6.45, 7) is 0.284. The number of hydrogen-bond acceptors (Lipinski definition) is 5. The van der Waals surface area contributed by atoms with Gasteiger partial charge in [-0.3, -0.25) is 0 Å². The van der Waals surface area contributed by atoms with Crippen molar-refractivity contribution in [2.75, 3.05) is 19.0 Å². The molecule has 3 aromatic carbocycles. The standard InChI is InChI=1S/C24H24N2O4/c1-29-23(27)22(26-24(28)30-17-18-8-4-2-5-9-18)16-25-21-14-12-20(13-15-21)19-10-6-3-7-11-19/h2-15,22,25H,16-17H2,1H3,(H,26,28)/t22-/m0/s1. The maximum absolute atomic E-state index is 12.1. The van der Waals surface area contributed by atoms with Gasteiger partial charge in [-0.05, 0) is 28.8 Å². The Bertz CT molecular complexity index is 944. The molecule has 0 fully saturated rings. The van der Waals surface area contributed by atoms with E-state index in [0.29, 0.717) is 0 Å². The molecule has 0 saturated heterocycles. The van der Waals surface area contributed by atoms with Crippen LogP contribution in [0.1, 0.15) is 5.56 Å². The highest BCUT2D eigenvalue weighted by molar-refractivity contribution is 5.82. The molecular weight excluding hydrogens is 380 g/mol. The molecule has 0 aromatic heterocycles. The van der Waals surface area contributed by atoms with E-state index in [9.17, 15) is 9.59 Å². The number of hydrogen-bond donors (Lipinski definition) is 2. The van der Waals surface area contributed by atoms with Gasteiger partial charge in [-0.1, -0.05) is 72.8 Å². The first kappa shape index (κ1) is 20.9. The Morgan fingerprint density at radius 2 is 1.43 bits per heavy atom. The molecule has 154 valence electrons. The molecule has 0 radical (unpaired) electrons. The Morgan fingerprint density at radius 1 is 0.833 bits per heavy atom. The molecule has 0 bridgehead atoms. The molecule has 3 rings (SSSR count). The molecule has 6 nitrogen and oxygen atoms in total. The molecule has 0 heterocycles. The van der Waals surface area contributed by atoms with Gasteiger partial charge in [-0.15, -0.1) is 0 Å². The molecular formula is C24H24N2O4.